The van der Waals surface area contributed by atoms with Gasteiger partial charge in [-0.1, -0.05) is 0 Å². The van der Waals surface area contributed by atoms with Crippen molar-refractivity contribution in [1.82, 2.24) is 0 Å². The van der Waals surface area contributed by atoms with Crippen LogP contribution in [0, 0.1) is 0 Å². The highest BCUT2D eigenvalue weighted by Crippen LogP contribution is 2.42. The number of hydrogen-bond donors (Lipinski definition) is 0. The molecule has 3 aliphatic heterocycles. The molecule has 3 saturated heterocycles. The van der Waals surface area contributed by atoms with Crippen LogP contribution in [-0.2, 0) is 23.7 Å². The third-order valence-corrected chi connectivity index (χ3v) is 3.00. The minimum absolute atomic E-state index is 0.0540. The molecular weight excluding hydrogens is 200 g/mol. The molecule has 5 atom stereocenters. The third kappa shape index (κ3) is 1.59. The van der Waals surface area contributed by atoms with Crippen LogP contribution in [0.25, 0.3) is 0 Å². The Morgan fingerprint density at radius 2 is 1.80 bits per heavy atom. The van der Waals surface area contributed by atoms with Gasteiger partial charge in [-0.3, -0.25) is 0 Å². The second kappa shape index (κ2) is 3.15. The summed E-state index contributed by atoms with van der Waals surface area (Å²) in [6, 6.07) is 0. The highest BCUT2D eigenvalue weighted by Gasteiger charge is 2.59. The maximum Gasteiger partial charge on any atom is 0.186 e. The monoisotopic (exact) mass is 216 g/mol. The van der Waals surface area contributed by atoms with Crippen molar-refractivity contribution in [2.45, 2.75) is 50.3 Å². The molecular formula is C10H16O5. The van der Waals surface area contributed by atoms with Crippen LogP contribution in [0.3, 0.4) is 0 Å². The number of ether oxygens (including phenoxy) is 5. The van der Waals surface area contributed by atoms with Crippen molar-refractivity contribution in [1.29, 1.82) is 0 Å². The Balaban J connectivity index is 1.79. The van der Waals surface area contributed by atoms with Crippen LogP contribution in [0.2, 0.25) is 0 Å². The molecule has 3 aliphatic rings. The first-order valence-electron chi connectivity index (χ1n) is 5.26. The van der Waals surface area contributed by atoms with E-state index in [4.69, 9.17) is 23.7 Å². The fourth-order valence-corrected chi connectivity index (χ4v) is 2.33. The van der Waals surface area contributed by atoms with Crippen LogP contribution < -0.4 is 0 Å². The molecule has 0 aromatic rings. The first-order chi connectivity index (χ1) is 7.11. The lowest BCUT2D eigenvalue weighted by atomic mass is 10.1. The first-order valence-corrected chi connectivity index (χ1v) is 5.26. The molecule has 0 bridgehead atoms. The van der Waals surface area contributed by atoms with E-state index in [0.717, 1.165) is 6.61 Å². The number of rotatable bonds is 2. The van der Waals surface area contributed by atoms with Crippen molar-refractivity contribution < 1.29 is 23.7 Å². The Morgan fingerprint density at radius 1 is 1.13 bits per heavy atom. The summed E-state index contributed by atoms with van der Waals surface area (Å²) < 4.78 is 27.8. The van der Waals surface area contributed by atoms with Crippen molar-refractivity contribution >= 4 is 0 Å². The largest absolute Gasteiger partial charge is 0.370 e. The summed E-state index contributed by atoms with van der Waals surface area (Å²) in [7, 11) is 1.62. The van der Waals surface area contributed by atoms with Crippen LogP contribution in [0.15, 0.2) is 0 Å². The summed E-state index contributed by atoms with van der Waals surface area (Å²) in [5.41, 5.74) is 0. The van der Waals surface area contributed by atoms with E-state index in [1.54, 1.807) is 7.11 Å². The Kier molecular flexibility index (Phi) is 2.10. The number of hydrogen-bond acceptors (Lipinski definition) is 5. The molecule has 5 nitrogen and oxygen atoms in total. The molecule has 0 spiro atoms. The fraction of sp³-hybridized carbons (Fsp3) is 1.00. The topological polar surface area (TPSA) is 49.5 Å². The molecule has 3 heterocycles. The Hall–Kier alpha value is -0.200. The molecule has 15 heavy (non-hydrogen) atoms. The fourth-order valence-electron chi connectivity index (χ4n) is 2.33. The molecule has 0 aliphatic carbocycles. The lowest BCUT2D eigenvalue weighted by Gasteiger charge is -2.22. The van der Waals surface area contributed by atoms with E-state index in [9.17, 15) is 0 Å². The summed E-state index contributed by atoms with van der Waals surface area (Å²) in [6.07, 6.45) is -0.459. The first kappa shape index (κ1) is 9.99. The van der Waals surface area contributed by atoms with Crippen LogP contribution in [-0.4, -0.2) is 50.2 Å². The van der Waals surface area contributed by atoms with E-state index in [0.29, 0.717) is 0 Å². The molecule has 0 saturated carbocycles. The molecule has 0 N–H and O–H groups in total. The van der Waals surface area contributed by atoms with E-state index < -0.39 is 5.79 Å². The SMILES string of the molecule is CO[C@H]1O[C@H]([C@@H]2CO2)[C@@H]2OC(C)(C)O[C@H]12. The van der Waals surface area contributed by atoms with Gasteiger partial charge in [-0.15, -0.1) is 0 Å². The average molecular weight is 216 g/mol. The van der Waals surface area contributed by atoms with Crippen molar-refractivity contribution in [3.63, 3.8) is 0 Å². The lowest BCUT2D eigenvalue weighted by molar-refractivity contribution is -0.228. The summed E-state index contributed by atoms with van der Waals surface area (Å²) >= 11 is 0. The Bertz CT molecular complexity index is 263. The number of fused-ring (bicyclic) bond motifs is 1. The van der Waals surface area contributed by atoms with Crippen molar-refractivity contribution in [2.24, 2.45) is 0 Å². The minimum atomic E-state index is -0.553. The molecule has 0 aromatic heterocycles. The number of methoxy groups -OCH3 is 1. The van der Waals surface area contributed by atoms with Crippen LogP contribution in [0.4, 0.5) is 0 Å². The van der Waals surface area contributed by atoms with E-state index in [2.05, 4.69) is 0 Å². The number of epoxide rings is 1. The summed E-state index contributed by atoms with van der Waals surface area (Å²) in [5.74, 6) is -0.553. The van der Waals surface area contributed by atoms with E-state index in [1.165, 1.54) is 0 Å². The van der Waals surface area contributed by atoms with Gasteiger partial charge in [0.15, 0.2) is 12.1 Å². The summed E-state index contributed by atoms with van der Waals surface area (Å²) in [6.45, 7) is 4.56. The highest BCUT2D eigenvalue weighted by atomic mass is 16.8. The van der Waals surface area contributed by atoms with Gasteiger partial charge in [0.25, 0.3) is 0 Å². The van der Waals surface area contributed by atoms with Crippen LogP contribution in [0.5, 0.6) is 0 Å². The lowest BCUT2D eigenvalue weighted by Crippen LogP contribution is -2.33. The molecule has 0 radical (unpaired) electrons. The minimum Gasteiger partial charge on any atom is -0.370 e. The predicted molar refractivity (Wildman–Crippen MR) is 49.2 cm³/mol. The average Bonchev–Trinajstić information content (AvgIpc) is 2.87. The standard InChI is InChI=1S/C10H16O5/c1-10(2)14-7-6(5-4-12-5)13-9(11-3)8(7)15-10/h5-9H,4H2,1-3H3/t5-,6+,7-,8-,9-/m0/s1. The molecule has 0 amide bonds. The second-order valence-electron chi connectivity index (χ2n) is 4.64. The predicted octanol–water partition coefficient (Wildman–Crippen LogP) is 0.277. The van der Waals surface area contributed by atoms with Crippen molar-refractivity contribution in [3.8, 4) is 0 Å². The van der Waals surface area contributed by atoms with Crippen molar-refractivity contribution in [2.75, 3.05) is 13.7 Å². The zero-order chi connectivity index (χ0) is 10.6. The van der Waals surface area contributed by atoms with Gasteiger partial charge >= 0.3 is 0 Å². The van der Waals surface area contributed by atoms with Crippen molar-refractivity contribution in [3.05, 3.63) is 0 Å². The van der Waals surface area contributed by atoms with Crippen LogP contribution in [0.1, 0.15) is 13.8 Å². The van der Waals surface area contributed by atoms with Gasteiger partial charge < -0.3 is 23.7 Å². The normalized spacial score (nSPS) is 51.8. The summed E-state index contributed by atoms with van der Waals surface area (Å²) in [4.78, 5) is 0. The Morgan fingerprint density at radius 3 is 2.40 bits per heavy atom. The molecule has 3 rings (SSSR count). The van der Waals surface area contributed by atoms with Gasteiger partial charge in [-0.05, 0) is 13.8 Å². The molecule has 0 unspecified atom stereocenters. The van der Waals surface area contributed by atoms with E-state index in [-0.39, 0.29) is 30.7 Å². The second-order valence-corrected chi connectivity index (χ2v) is 4.64. The maximum absolute atomic E-state index is 5.81. The zero-order valence-electron chi connectivity index (χ0n) is 9.14. The molecule has 86 valence electrons. The van der Waals surface area contributed by atoms with Gasteiger partial charge in [0.2, 0.25) is 0 Å². The summed E-state index contributed by atoms with van der Waals surface area (Å²) in [5, 5.41) is 0. The smallest absolute Gasteiger partial charge is 0.186 e. The molecule has 3 fully saturated rings. The van der Waals surface area contributed by atoms with Gasteiger partial charge in [-0.2, -0.15) is 0 Å². The zero-order valence-corrected chi connectivity index (χ0v) is 9.14. The third-order valence-electron chi connectivity index (χ3n) is 3.00. The van der Waals surface area contributed by atoms with Gasteiger partial charge in [-0.25, -0.2) is 0 Å². The van der Waals surface area contributed by atoms with E-state index >= 15 is 0 Å². The quantitative estimate of drug-likeness (QED) is 0.620. The van der Waals surface area contributed by atoms with Gasteiger partial charge in [0, 0.05) is 7.11 Å². The van der Waals surface area contributed by atoms with Gasteiger partial charge in [0.1, 0.15) is 24.4 Å². The van der Waals surface area contributed by atoms with Gasteiger partial charge in [0.05, 0.1) is 6.61 Å². The molecule has 5 heteroatoms. The molecule has 0 aromatic carbocycles. The Labute approximate surface area is 88.6 Å². The van der Waals surface area contributed by atoms with E-state index in [1.807, 2.05) is 13.8 Å². The van der Waals surface area contributed by atoms with Crippen LogP contribution >= 0.6 is 0 Å². The maximum atomic E-state index is 5.81. The highest BCUT2D eigenvalue weighted by molar-refractivity contribution is 5.00.